The van der Waals surface area contributed by atoms with Crippen molar-refractivity contribution >= 4 is 21.8 Å². The van der Waals surface area contributed by atoms with Crippen LogP contribution in [0.1, 0.15) is 17.7 Å². The SMILES string of the molecule is O=C(CCc1ccccc1Br)NCc1cn(-c2ccncc2)nn1. The van der Waals surface area contributed by atoms with E-state index in [4.69, 9.17) is 0 Å². The number of halogens is 1. The number of amides is 1. The molecule has 0 fully saturated rings. The van der Waals surface area contributed by atoms with Crippen LogP contribution >= 0.6 is 15.9 Å². The number of carbonyl (C=O) groups is 1. The number of nitrogens with one attached hydrogen (secondary N) is 1. The number of nitrogens with zero attached hydrogens (tertiary/aromatic N) is 4. The minimum absolute atomic E-state index is 0.00999. The molecule has 0 atom stereocenters. The molecule has 0 aliphatic rings. The first-order valence-corrected chi connectivity index (χ1v) is 8.33. The Morgan fingerprint density at radius 3 is 2.75 bits per heavy atom. The lowest BCUT2D eigenvalue weighted by Gasteiger charge is -2.05. The maximum atomic E-state index is 12.0. The maximum absolute atomic E-state index is 12.0. The second-order valence-electron chi connectivity index (χ2n) is 5.23. The summed E-state index contributed by atoms with van der Waals surface area (Å²) in [6, 6.07) is 11.6. The van der Waals surface area contributed by atoms with E-state index in [0.717, 1.165) is 15.7 Å². The summed E-state index contributed by atoms with van der Waals surface area (Å²) >= 11 is 3.49. The first-order chi connectivity index (χ1) is 11.7. The van der Waals surface area contributed by atoms with Gasteiger partial charge in [-0.15, -0.1) is 5.10 Å². The predicted octanol–water partition coefficient (Wildman–Crippen LogP) is 2.67. The van der Waals surface area contributed by atoms with Gasteiger partial charge in [-0.05, 0) is 30.2 Å². The Hall–Kier alpha value is -2.54. The van der Waals surface area contributed by atoms with E-state index < -0.39 is 0 Å². The number of hydrogen-bond acceptors (Lipinski definition) is 4. The van der Waals surface area contributed by atoms with Gasteiger partial charge in [-0.2, -0.15) is 0 Å². The van der Waals surface area contributed by atoms with Crippen LogP contribution in [0, 0.1) is 0 Å². The fraction of sp³-hybridized carbons (Fsp3) is 0.176. The molecule has 6 nitrogen and oxygen atoms in total. The van der Waals surface area contributed by atoms with Gasteiger partial charge < -0.3 is 5.32 Å². The smallest absolute Gasteiger partial charge is 0.220 e. The molecule has 0 saturated carbocycles. The molecule has 122 valence electrons. The predicted molar refractivity (Wildman–Crippen MR) is 93.5 cm³/mol. The highest BCUT2D eigenvalue weighted by atomic mass is 79.9. The first kappa shape index (κ1) is 16.3. The molecule has 3 aromatic rings. The highest BCUT2D eigenvalue weighted by Crippen LogP contribution is 2.17. The van der Waals surface area contributed by atoms with Crippen molar-refractivity contribution in [1.29, 1.82) is 0 Å². The normalized spacial score (nSPS) is 10.5. The van der Waals surface area contributed by atoms with Gasteiger partial charge in [0, 0.05) is 23.3 Å². The van der Waals surface area contributed by atoms with Crippen LogP contribution < -0.4 is 5.32 Å². The molecule has 0 aliphatic heterocycles. The second kappa shape index (κ2) is 7.83. The lowest BCUT2D eigenvalue weighted by molar-refractivity contribution is -0.121. The summed E-state index contributed by atoms with van der Waals surface area (Å²) in [6.07, 6.45) is 6.31. The number of rotatable bonds is 6. The molecule has 3 rings (SSSR count). The van der Waals surface area contributed by atoms with Crippen molar-refractivity contribution < 1.29 is 4.79 Å². The van der Waals surface area contributed by atoms with Crippen LogP contribution in [-0.2, 0) is 17.8 Å². The molecular formula is C17H16BrN5O. The van der Waals surface area contributed by atoms with Crippen molar-refractivity contribution in [3.05, 3.63) is 70.7 Å². The highest BCUT2D eigenvalue weighted by molar-refractivity contribution is 9.10. The van der Waals surface area contributed by atoms with E-state index in [0.29, 0.717) is 25.1 Å². The molecule has 7 heteroatoms. The molecule has 0 bridgehead atoms. The average Bonchev–Trinajstić information content (AvgIpc) is 3.09. The summed E-state index contributed by atoms with van der Waals surface area (Å²) in [7, 11) is 0. The third-order valence-electron chi connectivity index (χ3n) is 3.51. The molecular weight excluding hydrogens is 370 g/mol. The number of hydrogen-bond donors (Lipinski definition) is 1. The molecule has 2 heterocycles. The Morgan fingerprint density at radius 1 is 1.17 bits per heavy atom. The van der Waals surface area contributed by atoms with Gasteiger partial charge in [-0.1, -0.05) is 39.3 Å². The highest BCUT2D eigenvalue weighted by Gasteiger charge is 2.07. The Labute approximate surface area is 148 Å². The van der Waals surface area contributed by atoms with E-state index in [2.05, 4.69) is 36.5 Å². The number of carbonyl (C=O) groups excluding carboxylic acids is 1. The van der Waals surface area contributed by atoms with Gasteiger partial charge in [0.05, 0.1) is 18.4 Å². The van der Waals surface area contributed by atoms with Gasteiger partial charge in [0.2, 0.25) is 5.91 Å². The Bertz CT molecular complexity index is 819. The first-order valence-electron chi connectivity index (χ1n) is 7.54. The van der Waals surface area contributed by atoms with Crippen molar-refractivity contribution in [2.24, 2.45) is 0 Å². The van der Waals surface area contributed by atoms with Crippen LogP contribution in [0.2, 0.25) is 0 Å². The van der Waals surface area contributed by atoms with E-state index in [-0.39, 0.29) is 5.91 Å². The van der Waals surface area contributed by atoms with Crippen LogP contribution in [0.5, 0.6) is 0 Å². The molecule has 0 aliphatic carbocycles. The molecule has 1 N–H and O–H groups in total. The van der Waals surface area contributed by atoms with Crippen LogP contribution in [0.4, 0.5) is 0 Å². The Kier molecular flexibility index (Phi) is 5.32. The quantitative estimate of drug-likeness (QED) is 0.707. The fourth-order valence-corrected chi connectivity index (χ4v) is 2.71. The third-order valence-corrected chi connectivity index (χ3v) is 4.29. The summed E-state index contributed by atoms with van der Waals surface area (Å²) < 4.78 is 2.68. The third kappa shape index (κ3) is 4.26. The van der Waals surface area contributed by atoms with Gasteiger partial charge in [-0.25, -0.2) is 4.68 Å². The molecule has 1 aromatic carbocycles. The zero-order chi connectivity index (χ0) is 16.8. The van der Waals surface area contributed by atoms with Crippen molar-refractivity contribution in [3.63, 3.8) is 0 Å². The molecule has 2 aromatic heterocycles. The summed E-state index contributed by atoms with van der Waals surface area (Å²) in [4.78, 5) is 16.0. The largest absolute Gasteiger partial charge is 0.350 e. The minimum Gasteiger partial charge on any atom is -0.350 e. The van der Waals surface area contributed by atoms with E-state index in [1.165, 1.54) is 0 Å². The van der Waals surface area contributed by atoms with Gasteiger partial charge >= 0.3 is 0 Å². The van der Waals surface area contributed by atoms with E-state index in [1.54, 1.807) is 23.3 Å². The van der Waals surface area contributed by atoms with Gasteiger partial charge in [0.25, 0.3) is 0 Å². The molecule has 0 saturated heterocycles. The van der Waals surface area contributed by atoms with Crippen LogP contribution in [0.25, 0.3) is 5.69 Å². The number of benzene rings is 1. The van der Waals surface area contributed by atoms with Gasteiger partial charge in [0.1, 0.15) is 5.69 Å². The number of aromatic nitrogens is 4. The molecule has 24 heavy (non-hydrogen) atoms. The molecule has 0 radical (unpaired) electrons. The van der Waals surface area contributed by atoms with Crippen LogP contribution in [0.3, 0.4) is 0 Å². The number of aryl methyl sites for hydroxylation is 1. The number of pyridine rings is 1. The summed E-state index contributed by atoms with van der Waals surface area (Å²) in [5, 5.41) is 11.0. The zero-order valence-corrected chi connectivity index (χ0v) is 14.5. The molecule has 1 amide bonds. The van der Waals surface area contributed by atoms with E-state index in [9.17, 15) is 4.79 Å². The summed E-state index contributed by atoms with van der Waals surface area (Å²) in [5.41, 5.74) is 2.71. The lowest BCUT2D eigenvalue weighted by atomic mass is 10.1. The van der Waals surface area contributed by atoms with Crippen molar-refractivity contribution in [2.45, 2.75) is 19.4 Å². The topological polar surface area (TPSA) is 72.7 Å². The van der Waals surface area contributed by atoms with Crippen LogP contribution in [0.15, 0.2) is 59.5 Å². The average molecular weight is 386 g/mol. The van der Waals surface area contributed by atoms with Gasteiger partial charge in [-0.3, -0.25) is 9.78 Å². The summed E-state index contributed by atoms with van der Waals surface area (Å²) in [5.74, 6) is -0.00999. The zero-order valence-electron chi connectivity index (χ0n) is 12.9. The fourth-order valence-electron chi connectivity index (χ4n) is 2.23. The summed E-state index contributed by atoms with van der Waals surface area (Å²) in [6.45, 7) is 0.361. The Balaban J connectivity index is 1.50. The van der Waals surface area contributed by atoms with E-state index >= 15 is 0 Å². The van der Waals surface area contributed by atoms with Crippen LogP contribution in [-0.4, -0.2) is 25.9 Å². The minimum atomic E-state index is -0.00999. The van der Waals surface area contributed by atoms with Crippen molar-refractivity contribution in [3.8, 4) is 5.69 Å². The maximum Gasteiger partial charge on any atom is 0.220 e. The van der Waals surface area contributed by atoms with Gasteiger partial charge in [0.15, 0.2) is 0 Å². The molecule has 0 unspecified atom stereocenters. The monoisotopic (exact) mass is 385 g/mol. The van der Waals surface area contributed by atoms with E-state index in [1.807, 2.05) is 36.4 Å². The Morgan fingerprint density at radius 2 is 1.96 bits per heavy atom. The molecule has 0 spiro atoms. The second-order valence-corrected chi connectivity index (χ2v) is 6.08. The van der Waals surface area contributed by atoms with Crippen molar-refractivity contribution in [2.75, 3.05) is 0 Å². The standard InChI is InChI=1S/C17H16BrN5O/c18-16-4-2-1-3-13(16)5-6-17(24)20-11-14-12-23(22-21-14)15-7-9-19-10-8-15/h1-4,7-10,12H,5-6,11H2,(H,20,24). The lowest BCUT2D eigenvalue weighted by Crippen LogP contribution is -2.23. The van der Waals surface area contributed by atoms with Crippen molar-refractivity contribution in [1.82, 2.24) is 25.3 Å².